The van der Waals surface area contributed by atoms with E-state index < -0.39 is 0 Å². The summed E-state index contributed by atoms with van der Waals surface area (Å²) in [5.74, 6) is 0. The average Bonchev–Trinajstić information content (AvgIpc) is 3.86. The Hall–Kier alpha value is -6.32. The van der Waals surface area contributed by atoms with Crippen molar-refractivity contribution in [3.63, 3.8) is 0 Å². The molecule has 11 aromatic rings. The Kier molecular flexibility index (Phi) is 8.15. The Labute approximate surface area is 365 Å². The van der Waals surface area contributed by atoms with Crippen LogP contribution in [-0.2, 0) is 16.2 Å². The van der Waals surface area contributed by atoms with Crippen molar-refractivity contribution in [3.8, 4) is 11.4 Å². The third kappa shape index (κ3) is 5.77. The average molecular weight is 808 g/mol. The summed E-state index contributed by atoms with van der Waals surface area (Å²) in [5.41, 5.74) is 14.0. The predicted octanol–water partition coefficient (Wildman–Crippen LogP) is 16.8. The van der Waals surface area contributed by atoms with Crippen molar-refractivity contribution in [2.75, 3.05) is 0 Å². The Morgan fingerprint density at radius 3 is 1.34 bits per heavy atom. The molecule has 0 saturated carbocycles. The highest BCUT2D eigenvalue weighted by Gasteiger charge is 2.25. The van der Waals surface area contributed by atoms with Crippen LogP contribution in [0.15, 0.2) is 140 Å². The van der Waals surface area contributed by atoms with E-state index >= 15 is 0 Å². The summed E-state index contributed by atoms with van der Waals surface area (Å²) in [4.78, 5) is 0. The van der Waals surface area contributed by atoms with Crippen LogP contribution in [-0.4, -0.2) is 13.7 Å². The molecule has 0 radical (unpaired) electrons. The van der Waals surface area contributed by atoms with Crippen molar-refractivity contribution in [3.05, 3.63) is 156 Å². The zero-order valence-corrected chi connectivity index (χ0v) is 38.2. The van der Waals surface area contributed by atoms with E-state index in [-0.39, 0.29) is 22.3 Å². The fourth-order valence-electron chi connectivity index (χ4n) is 10.3. The standard InChI is InChI=1S/C59H57N3/c1-35(2)60-51-25-17-40(57(3,4)5)31-48(51)47-24-23-46-45-22-21-44(61-52-26-18-41(58(6,7)8)32-49(52)50-33-42(59(9,10)11)19-27-53(50)61)34-54(45)62(56(46)55(47)60)43-20-16-38-28-36-14-12-13-15-37(36)29-39(38)30-43/h12-35H,1-11H3. The van der Waals surface area contributed by atoms with Crippen molar-refractivity contribution in [2.45, 2.75) is 98.4 Å². The van der Waals surface area contributed by atoms with Crippen LogP contribution in [0.4, 0.5) is 0 Å². The summed E-state index contributed by atoms with van der Waals surface area (Å²) >= 11 is 0. The summed E-state index contributed by atoms with van der Waals surface area (Å²) < 4.78 is 7.68. The van der Waals surface area contributed by atoms with Gasteiger partial charge in [0.05, 0.1) is 27.6 Å². The minimum Gasteiger partial charge on any atom is -0.336 e. The van der Waals surface area contributed by atoms with Gasteiger partial charge in [-0.05, 0) is 141 Å². The first-order valence-corrected chi connectivity index (χ1v) is 22.5. The Morgan fingerprint density at radius 2 is 0.790 bits per heavy atom. The van der Waals surface area contributed by atoms with Crippen molar-refractivity contribution in [1.82, 2.24) is 13.7 Å². The molecule has 0 saturated heterocycles. The summed E-state index contributed by atoms with van der Waals surface area (Å²) in [6.45, 7) is 25.5. The number of hydrogen-bond donors (Lipinski definition) is 0. The van der Waals surface area contributed by atoms with Gasteiger partial charge >= 0.3 is 0 Å². The van der Waals surface area contributed by atoms with Crippen LogP contribution in [0.1, 0.15) is 98.9 Å². The largest absolute Gasteiger partial charge is 0.336 e. The second-order valence-corrected chi connectivity index (χ2v) is 21.4. The van der Waals surface area contributed by atoms with E-state index in [1.54, 1.807) is 0 Å². The molecule has 3 heterocycles. The van der Waals surface area contributed by atoms with Gasteiger partial charge in [-0.2, -0.15) is 0 Å². The highest BCUT2D eigenvalue weighted by Crippen LogP contribution is 2.45. The summed E-state index contributed by atoms with van der Waals surface area (Å²) in [6, 6.07) is 54.1. The Morgan fingerprint density at radius 1 is 0.339 bits per heavy atom. The summed E-state index contributed by atoms with van der Waals surface area (Å²) in [7, 11) is 0. The second kappa shape index (κ2) is 13.1. The van der Waals surface area contributed by atoms with E-state index in [4.69, 9.17) is 0 Å². The number of benzene rings is 8. The van der Waals surface area contributed by atoms with E-state index in [9.17, 15) is 0 Å². The minimum absolute atomic E-state index is 0.0361. The highest BCUT2D eigenvalue weighted by atomic mass is 15.1. The van der Waals surface area contributed by atoms with Gasteiger partial charge < -0.3 is 13.7 Å². The maximum absolute atomic E-state index is 2.59. The van der Waals surface area contributed by atoms with Crippen LogP contribution in [0.2, 0.25) is 0 Å². The molecular weight excluding hydrogens is 751 g/mol. The quantitative estimate of drug-likeness (QED) is 0.158. The van der Waals surface area contributed by atoms with Gasteiger partial charge in [0.25, 0.3) is 0 Å². The summed E-state index contributed by atoms with van der Waals surface area (Å²) in [5, 5.41) is 12.8. The third-order valence-electron chi connectivity index (χ3n) is 13.8. The lowest BCUT2D eigenvalue weighted by Gasteiger charge is -2.19. The van der Waals surface area contributed by atoms with E-state index in [1.165, 1.54) is 109 Å². The molecule has 0 unspecified atom stereocenters. The first-order chi connectivity index (χ1) is 29.5. The molecule has 0 fully saturated rings. The first-order valence-electron chi connectivity index (χ1n) is 22.5. The van der Waals surface area contributed by atoms with Crippen LogP contribution in [0.3, 0.4) is 0 Å². The minimum atomic E-state index is 0.0361. The fourth-order valence-corrected chi connectivity index (χ4v) is 10.3. The molecule has 308 valence electrons. The van der Waals surface area contributed by atoms with Crippen LogP contribution in [0, 0.1) is 0 Å². The van der Waals surface area contributed by atoms with Crippen molar-refractivity contribution < 1.29 is 0 Å². The number of rotatable bonds is 3. The van der Waals surface area contributed by atoms with E-state index in [0.717, 1.165) is 5.69 Å². The SMILES string of the molecule is CC(C)n1c2ccc(C(C)(C)C)cc2c2ccc3c4ccc(-n5c6ccc(C(C)(C)C)cc6c6cc(C(C)(C)C)ccc65)cc4n(-c4ccc5cc6ccccc6cc5c4)c3c21. The molecule has 3 heteroatoms. The maximum atomic E-state index is 2.59. The molecule has 0 atom stereocenters. The molecule has 0 bridgehead atoms. The molecule has 0 N–H and O–H groups in total. The van der Waals surface area contributed by atoms with Crippen LogP contribution < -0.4 is 0 Å². The number of nitrogens with zero attached hydrogens (tertiary/aromatic N) is 3. The second-order valence-electron chi connectivity index (χ2n) is 21.4. The van der Waals surface area contributed by atoms with Gasteiger partial charge in [-0.1, -0.05) is 129 Å². The molecule has 11 rings (SSSR count). The molecule has 3 aromatic heterocycles. The van der Waals surface area contributed by atoms with E-state index in [2.05, 4.69) is 229 Å². The first kappa shape index (κ1) is 38.6. The number of aromatic nitrogens is 3. The van der Waals surface area contributed by atoms with Crippen LogP contribution in [0.5, 0.6) is 0 Å². The zero-order valence-electron chi connectivity index (χ0n) is 38.2. The molecular formula is C59H57N3. The normalized spacial score (nSPS) is 13.2. The predicted molar refractivity (Wildman–Crippen MR) is 270 cm³/mol. The molecule has 8 aromatic carbocycles. The van der Waals surface area contributed by atoms with Gasteiger partial charge in [-0.15, -0.1) is 0 Å². The Bertz CT molecular complexity index is 3580. The smallest absolute Gasteiger partial charge is 0.0785 e. The van der Waals surface area contributed by atoms with E-state index in [0.29, 0.717) is 0 Å². The van der Waals surface area contributed by atoms with Gasteiger partial charge in [0.15, 0.2) is 0 Å². The van der Waals surface area contributed by atoms with Crippen LogP contribution in [0.25, 0.3) is 98.3 Å². The summed E-state index contributed by atoms with van der Waals surface area (Å²) in [6.07, 6.45) is 0. The highest BCUT2D eigenvalue weighted by molar-refractivity contribution is 6.24. The molecule has 0 spiro atoms. The van der Waals surface area contributed by atoms with E-state index in [1.807, 2.05) is 0 Å². The lowest BCUT2D eigenvalue weighted by atomic mass is 9.85. The molecule has 62 heavy (non-hydrogen) atoms. The lowest BCUT2D eigenvalue weighted by molar-refractivity contribution is 0.590. The molecule has 0 aliphatic rings. The Balaban J connectivity index is 1.27. The lowest BCUT2D eigenvalue weighted by Crippen LogP contribution is -2.10. The molecule has 0 aliphatic carbocycles. The van der Waals surface area contributed by atoms with Gasteiger partial charge in [0.2, 0.25) is 0 Å². The number of hydrogen-bond acceptors (Lipinski definition) is 0. The monoisotopic (exact) mass is 807 g/mol. The maximum Gasteiger partial charge on any atom is 0.0785 e. The van der Waals surface area contributed by atoms with Crippen molar-refractivity contribution in [2.24, 2.45) is 0 Å². The van der Waals surface area contributed by atoms with Crippen molar-refractivity contribution in [1.29, 1.82) is 0 Å². The molecule has 0 aliphatic heterocycles. The van der Waals surface area contributed by atoms with Gasteiger partial charge in [0, 0.05) is 55.3 Å². The van der Waals surface area contributed by atoms with Gasteiger partial charge in [0.1, 0.15) is 0 Å². The fraction of sp³-hybridized carbons (Fsp3) is 0.254. The van der Waals surface area contributed by atoms with Gasteiger partial charge in [-0.3, -0.25) is 0 Å². The van der Waals surface area contributed by atoms with Crippen LogP contribution >= 0.6 is 0 Å². The third-order valence-corrected chi connectivity index (χ3v) is 13.8. The molecule has 0 amide bonds. The van der Waals surface area contributed by atoms with Gasteiger partial charge in [-0.25, -0.2) is 0 Å². The molecule has 3 nitrogen and oxygen atoms in total. The topological polar surface area (TPSA) is 14.8 Å². The zero-order chi connectivity index (χ0) is 43.2. The van der Waals surface area contributed by atoms with Crippen molar-refractivity contribution >= 4 is 87.0 Å². The number of fused-ring (bicyclic) bond motifs is 12.